The van der Waals surface area contributed by atoms with Gasteiger partial charge < -0.3 is 16.1 Å². The van der Waals surface area contributed by atoms with Crippen LogP contribution < -0.4 is 16.1 Å². The summed E-state index contributed by atoms with van der Waals surface area (Å²) in [7, 11) is 1.74. The number of hydrazone groups is 1. The summed E-state index contributed by atoms with van der Waals surface area (Å²) in [6.07, 6.45) is 5.39. The molecule has 0 unspecified atom stereocenters. The molecule has 2 aliphatic rings. The first-order valence-electron chi connectivity index (χ1n) is 8.29. The summed E-state index contributed by atoms with van der Waals surface area (Å²) < 4.78 is 0. The van der Waals surface area contributed by atoms with Gasteiger partial charge >= 0.3 is 0 Å². The Morgan fingerprint density at radius 3 is 2.65 bits per heavy atom. The zero-order valence-electron chi connectivity index (χ0n) is 13.7. The van der Waals surface area contributed by atoms with Gasteiger partial charge in [0.25, 0.3) is 5.91 Å². The molecular weight excluding hydrogens is 288 g/mol. The maximum Gasteiger partial charge on any atom is 0.259 e. The number of aryl methyl sites for hydroxylation is 2. The number of carbonyl (C=O) groups is 1. The van der Waals surface area contributed by atoms with E-state index in [-0.39, 0.29) is 5.91 Å². The van der Waals surface area contributed by atoms with E-state index in [9.17, 15) is 4.79 Å². The Kier molecular flexibility index (Phi) is 4.48. The fourth-order valence-corrected chi connectivity index (χ4v) is 3.43. The molecule has 0 bridgehead atoms. The molecule has 0 radical (unpaired) electrons. The molecule has 5 heteroatoms. The molecule has 5 nitrogen and oxygen atoms in total. The van der Waals surface area contributed by atoms with Crippen molar-refractivity contribution in [3.8, 4) is 0 Å². The number of rotatable bonds is 4. The van der Waals surface area contributed by atoms with Crippen LogP contribution in [0.4, 0.5) is 5.69 Å². The molecule has 0 spiro atoms. The molecule has 1 amide bonds. The van der Waals surface area contributed by atoms with Crippen LogP contribution in [-0.4, -0.2) is 31.8 Å². The van der Waals surface area contributed by atoms with Gasteiger partial charge in [-0.2, -0.15) is 5.10 Å². The van der Waals surface area contributed by atoms with E-state index >= 15 is 0 Å². The molecule has 122 valence electrons. The van der Waals surface area contributed by atoms with Crippen LogP contribution in [0.1, 0.15) is 36.0 Å². The van der Waals surface area contributed by atoms with Crippen LogP contribution in [0.5, 0.6) is 0 Å². The van der Waals surface area contributed by atoms with Crippen LogP contribution >= 0.6 is 0 Å². The van der Waals surface area contributed by atoms with Gasteiger partial charge in [0.15, 0.2) is 0 Å². The van der Waals surface area contributed by atoms with Crippen molar-refractivity contribution in [3.63, 3.8) is 0 Å². The summed E-state index contributed by atoms with van der Waals surface area (Å²) in [6, 6.07) is 4.38. The van der Waals surface area contributed by atoms with Crippen molar-refractivity contribution in [3.05, 3.63) is 41.0 Å². The Morgan fingerprint density at radius 2 is 2.00 bits per heavy atom. The van der Waals surface area contributed by atoms with E-state index in [2.05, 4.69) is 29.2 Å². The molecule has 0 aromatic heterocycles. The highest BCUT2D eigenvalue weighted by Gasteiger charge is 2.33. The lowest BCUT2D eigenvalue weighted by molar-refractivity contribution is -0.114. The zero-order valence-corrected chi connectivity index (χ0v) is 13.7. The van der Waals surface area contributed by atoms with Crippen molar-refractivity contribution in [1.82, 2.24) is 5.43 Å². The largest absolute Gasteiger partial charge is 0.330 e. The lowest BCUT2D eigenvalue weighted by Gasteiger charge is -2.33. The minimum atomic E-state index is -0.0734. The monoisotopic (exact) mass is 312 g/mol. The van der Waals surface area contributed by atoms with E-state index in [0.29, 0.717) is 24.4 Å². The van der Waals surface area contributed by atoms with Crippen molar-refractivity contribution >= 4 is 17.3 Å². The number of nitrogens with one attached hydrogen (secondary N) is 1. The Bertz CT molecular complexity index is 678. The first kappa shape index (κ1) is 15.7. The zero-order chi connectivity index (χ0) is 16.4. The van der Waals surface area contributed by atoms with E-state index in [1.54, 1.807) is 7.05 Å². The van der Waals surface area contributed by atoms with E-state index < -0.39 is 0 Å². The Hall–Kier alpha value is -2.14. The van der Waals surface area contributed by atoms with Crippen LogP contribution in [0.15, 0.2) is 29.4 Å². The number of benzene rings is 1. The highest BCUT2D eigenvalue weighted by molar-refractivity contribution is 6.36. The normalized spacial score (nSPS) is 18.9. The molecule has 1 aromatic rings. The van der Waals surface area contributed by atoms with Gasteiger partial charge in [-0.05, 0) is 61.9 Å². The molecule has 1 aliphatic heterocycles. The minimum absolute atomic E-state index is 0.0734. The van der Waals surface area contributed by atoms with Gasteiger partial charge in [-0.1, -0.05) is 6.58 Å². The van der Waals surface area contributed by atoms with Gasteiger partial charge in [0.05, 0.1) is 11.3 Å². The van der Waals surface area contributed by atoms with Gasteiger partial charge in [0.2, 0.25) is 0 Å². The molecule has 0 fully saturated rings. The molecule has 23 heavy (non-hydrogen) atoms. The maximum atomic E-state index is 12.7. The summed E-state index contributed by atoms with van der Waals surface area (Å²) in [5.41, 5.74) is 14.2. The second-order valence-electron chi connectivity index (χ2n) is 6.11. The molecule has 1 aliphatic carbocycles. The van der Waals surface area contributed by atoms with Gasteiger partial charge in [-0.3, -0.25) is 4.79 Å². The topological polar surface area (TPSA) is 70.7 Å². The number of anilines is 1. The number of hydrogen-bond acceptors (Lipinski definition) is 4. The van der Waals surface area contributed by atoms with Crippen LogP contribution in [0, 0.1) is 0 Å². The first-order chi connectivity index (χ1) is 11.2. The maximum absolute atomic E-state index is 12.7. The summed E-state index contributed by atoms with van der Waals surface area (Å²) in [5, 5.41) is 4.31. The van der Waals surface area contributed by atoms with E-state index in [1.807, 2.05) is 4.90 Å². The average molecular weight is 312 g/mol. The van der Waals surface area contributed by atoms with Gasteiger partial charge in [-0.15, -0.1) is 0 Å². The van der Waals surface area contributed by atoms with Crippen molar-refractivity contribution in [2.45, 2.75) is 32.1 Å². The second-order valence-corrected chi connectivity index (χ2v) is 6.11. The Morgan fingerprint density at radius 1 is 1.30 bits per heavy atom. The fourth-order valence-electron chi connectivity index (χ4n) is 3.43. The van der Waals surface area contributed by atoms with Crippen molar-refractivity contribution in [2.24, 2.45) is 10.8 Å². The molecule has 3 rings (SSSR count). The third-order valence-electron chi connectivity index (χ3n) is 4.60. The molecule has 1 aromatic carbocycles. The van der Waals surface area contributed by atoms with Gasteiger partial charge in [0.1, 0.15) is 5.71 Å². The van der Waals surface area contributed by atoms with Gasteiger partial charge in [-0.25, -0.2) is 0 Å². The summed E-state index contributed by atoms with van der Waals surface area (Å²) >= 11 is 0. The van der Waals surface area contributed by atoms with E-state index in [0.717, 1.165) is 30.5 Å². The van der Waals surface area contributed by atoms with E-state index in [4.69, 9.17) is 5.73 Å². The first-order valence-corrected chi connectivity index (χ1v) is 8.29. The van der Waals surface area contributed by atoms with Crippen LogP contribution in [0.2, 0.25) is 0 Å². The molecule has 0 saturated heterocycles. The van der Waals surface area contributed by atoms with Crippen molar-refractivity contribution in [1.29, 1.82) is 0 Å². The fraction of sp³-hybridized carbons (Fsp3) is 0.444. The Labute approximate surface area is 137 Å². The predicted octanol–water partition coefficient (Wildman–Crippen LogP) is 1.74. The number of carbonyl (C=O) groups excluding carboxylic acids is 1. The number of amides is 1. The lowest BCUT2D eigenvalue weighted by Crippen LogP contribution is -2.41. The second kappa shape index (κ2) is 6.54. The molecule has 0 saturated carbocycles. The molecule has 3 N–H and O–H groups in total. The number of fused-ring (bicyclic) bond motifs is 2. The molecule has 1 heterocycles. The van der Waals surface area contributed by atoms with Crippen LogP contribution in [0.25, 0.3) is 0 Å². The van der Waals surface area contributed by atoms with Crippen LogP contribution in [0.3, 0.4) is 0 Å². The van der Waals surface area contributed by atoms with Gasteiger partial charge in [0, 0.05) is 19.2 Å². The molecular formula is C18H24N4O. The SMILES string of the molecule is C=C1C(=O)N(CCCN)c2cc3c(cc2/C1=N/NC)CCCC3. The van der Waals surface area contributed by atoms with E-state index in [1.165, 1.54) is 24.0 Å². The van der Waals surface area contributed by atoms with Crippen molar-refractivity contribution in [2.75, 3.05) is 25.0 Å². The highest BCUT2D eigenvalue weighted by atomic mass is 16.2. The summed E-state index contributed by atoms with van der Waals surface area (Å²) in [6.45, 7) is 5.15. The number of nitrogens with two attached hydrogens (primary N) is 1. The third kappa shape index (κ3) is 2.77. The number of hydrogen-bond donors (Lipinski definition) is 2. The minimum Gasteiger partial charge on any atom is -0.330 e. The van der Waals surface area contributed by atoms with Crippen LogP contribution in [-0.2, 0) is 17.6 Å². The predicted molar refractivity (Wildman–Crippen MR) is 93.8 cm³/mol. The summed E-state index contributed by atoms with van der Waals surface area (Å²) in [4.78, 5) is 14.5. The number of nitrogens with zero attached hydrogens (tertiary/aromatic N) is 2. The third-order valence-corrected chi connectivity index (χ3v) is 4.60. The molecule has 0 atom stereocenters. The van der Waals surface area contributed by atoms with Crippen molar-refractivity contribution < 1.29 is 4.79 Å². The highest BCUT2D eigenvalue weighted by Crippen LogP contribution is 2.35. The average Bonchev–Trinajstić information content (AvgIpc) is 2.57. The quantitative estimate of drug-likeness (QED) is 0.657. The standard InChI is InChI=1S/C18H24N4O/c1-12-17(21-20-2)15-10-13-6-3-4-7-14(13)11-16(15)22(18(12)23)9-5-8-19/h10-11,20H,1,3-9,19H2,2H3/b21-17+. The Balaban J connectivity index is 2.14. The smallest absolute Gasteiger partial charge is 0.259 e. The summed E-state index contributed by atoms with van der Waals surface area (Å²) in [5.74, 6) is -0.0734. The lowest BCUT2D eigenvalue weighted by atomic mass is 9.85.